The second-order valence-corrected chi connectivity index (χ2v) is 21.7. The van der Waals surface area contributed by atoms with Crippen molar-refractivity contribution in [2.75, 3.05) is 6.61 Å². The third-order valence-corrected chi connectivity index (χ3v) is 15.6. The van der Waals surface area contributed by atoms with E-state index in [4.69, 9.17) is 72.2 Å². The molecule has 1 fully saturated rings. The molecule has 10 nitrogen and oxygen atoms in total. The number of fused-ring (bicyclic) bond motifs is 2. The molecule has 0 bridgehead atoms. The molecule has 3 aromatic carbocycles. The fraction of sp³-hybridized carbons (Fsp3) is 0.358. The second-order valence-electron chi connectivity index (χ2n) is 19.3. The van der Waals surface area contributed by atoms with Gasteiger partial charge >= 0.3 is 0 Å². The van der Waals surface area contributed by atoms with Gasteiger partial charge in [-0.2, -0.15) is 0 Å². The number of hydrogen-bond acceptors (Lipinski definition) is 6. The molecule has 10 rings (SSSR count). The summed E-state index contributed by atoms with van der Waals surface area (Å²) in [7, 11) is 0. The largest absolute Gasteiger partial charge is 0.485 e. The Balaban J connectivity index is 0.889. The highest BCUT2D eigenvalue weighted by atomic mass is 35.5. The van der Waals surface area contributed by atoms with Crippen molar-refractivity contribution in [2.45, 2.75) is 101 Å². The molecule has 0 amide bonds. The number of hydrogen-bond donors (Lipinski definition) is 1. The van der Waals surface area contributed by atoms with E-state index < -0.39 is 27.7 Å². The lowest BCUT2D eigenvalue weighted by Crippen LogP contribution is -2.33. The molecule has 0 spiro atoms. The minimum atomic E-state index is -1.30. The molecule has 0 radical (unpaired) electrons. The van der Waals surface area contributed by atoms with Crippen LogP contribution >= 0.6 is 58.0 Å². The Bertz CT molecular complexity index is 3230. The van der Waals surface area contributed by atoms with E-state index in [1.807, 2.05) is 37.3 Å². The summed E-state index contributed by atoms with van der Waals surface area (Å²) in [4.78, 5) is 27.1. The maximum Gasteiger partial charge on any atom is 0.276 e. The number of alkyl halides is 1. The van der Waals surface area contributed by atoms with Gasteiger partial charge in [0.2, 0.25) is 0 Å². The molecule has 1 N–H and O–H groups in total. The van der Waals surface area contributed by atoms with Crippen LogP contribution in [0.25, 0.3) is 22.3 Å². The van der Waals surface area contributed by atoms with Crippen molar-refractivity contribution in [2.24, 2.45) is 11.8 Å². The monoisotopic (exact) mass is 1050 g/mol. The van der Waals surface area contributed by atoms with E-state index in [1.54, 1.807) is 49.9 Å². The Morgan fingerprint density at radius 3 is 2.10 bits per heavy atom. The zero-order chi connectivity index (χ0) is 49.4. The van der Waals surface area contributed by atoms with Crippen LogP contribution in [0.4, 0.5) is 8.78 Å². The van der Waals surface area contributed by atoms with Gasteiger partial charge in [0.15, 0.2) is 11.5 Å². The topological polar surface area (TPSA) is 102 Å². The maximum atomic E-state index is 15.7. The molecule has 2 aromatic heterocycles. The quantitative estimate of drug-likeness (QED) is 0.118. The molecule has 17 heteroatoms. The number of benzene rings is 3. The first-order valence-corrected chi connectivity index (χ1v) is 25.2. The third-order valence-electron chi connectivity index (χ3n) is 14.0. The van der Waals surface area contributed by atoms with Gasteiger partial charge in [0.05, 0.1) is 26.0 Å². The molecule has 1 saturated carbocycles. The first kappa shape index (κ1) is 48.7. The summed E-state index contributed by atoms with van der Waals surface area (Å²) in [6.07, 6.45) is 16.3. The van der Waals surface area contributed by atoms with Gasteiger partial charge in [-0.3, -0.25) is 19.0 Å². The van der Waals surface area contributed by atoms with E-state index in [0.717, 1.165) is 55.4 Å². The van der Waals surface area contributed by atoms with Crippen molar-refractivity contribution in [3.8, 4) is 45.3 Å². The van der Waals surface area contributed by atoms with E-state index >= 15 is 8.78 Å². The molecule has 70 heavy (non-hydrogen) atoms. The zero-order valence-electron chi connectivity index (χ0n) is 38.4. The smallest absolute Gasteiger partial charge is 0.276 e. The lowest BCUT2D eigenvalue weighted by atomic mass is 9.93. The Kier molecular flexibility index (Phi) is 13.1. The Morgan fingerprint density at radius 1 is 0.800 bits per heavy atom. The van der Waals surface area contributed by atoms with Gasteiger partial charge in [-0.1, -0.05) is 89.4 Å². The summed E-state index contributed by atoms with van der Waals surface area (Å²) in [5.41, 5.74) is 0.460. The van der Waals surface area contributed by atoms with Crippen LogP contribution in [0.5, 0.6) is 23.0 Å². The van der Waals surface area contributed by atoms with Crippen molar-refractivity contribution in [1.82, 2.24) is 18.7 Å². The molecule has 3 aliphatic carbocycles. The lowest BCUT2D eigenvalue weighted by molar-refractivity contribution is 0.0605. The van der Waals surface area contributed by atoms with E-state index in [1.165, 1.54) is 12.1 Å². The highest BCUT2D eigenvalue weighted by molar-refractivity contribution is 6.34. The molecular weight excluding hydrogens is 1000 g/mol. The van der Waals surface area contributed by atoms with Crippen molar-refractivity contribution < 1.29 is 28.1 Å². The normalized spacial score (nSPS) is 23.6. The van der Waals surface area contributed by atoms with Crippen LogP contribution in [0.1, 0.15) is 70.3 Å². The third kappa shape index (κ3) is 9.36. The predicted molar refractivity (Wildman–Crippen MR) is 271 cm³/mol. The van der Waals surface area contributed by atoms with Gasteiger partial charge in [0, 0.05) is 43.7 Å². The number of aliphatic hydroxyl groups is 1. The van der Waals surface area contributed by atoms with E-state index in [0.29, 0.717) is 62.0 Å². The first-order chi connectivity index (χ1) is 33.4. The van der Waals surface area contributed by atoms with Crippen molar-refractivity contribution >= 4 is 58.0 Å². The minimum Gasteiger partial charge on any atom is -0.485 e. The van der Waals surface area contributed by atoms with Crippen molar-refractivity contribution in [1.29, 1.82) is 0 Å². The summed E-state index contributed by atoms with van der Waals surface area (Å²) in [6.45, 7) is 9.81. The highest BCUT2D eigenvalue weighted by Gasteiger charge is 2.41. The molecule has 0 saturated heterocycles. The fourth-order valence-corrected chi connectivity index (χ4v) is 11.4. The van der Waals surface area contributed by atoms with Crippen LogP contribution in [-0.4, -0.2) is 40.9 Å². The zero-order valence-corrected chi connectivity index (χ0v) is 42.1. The fourth-order valence-electron chi connectivity index (χ4n) is 10.1. The van der Waals surface area contributed by atoms with Crippen molar-refractivity contribution in [3.05, 3.63) is 161 Å². The van der Waals surface area contributed by atoms with E-state index in [9.17, 15) is 14.7 Å². The van der Waals surface area contributed by atoms with Crippen LogP contribution in [0.15, 0.2) is 112 Å². The van der Waals surface area contributed by atoms with Crippen LogP contribution in [0.3, 0.4) is 0 Å². The number of allylic oxidation sites excluding steroid dienone is 5. The molecule has 5 aromatic rings. The Labute approximate surface area is 428 Å². The molecule has 5 aliphatic rings. The maximum absolute atomic E-state index is 15.7. The summed E-state index contributed by atoms with van der Waals surface area (Å²) in [5.74, 6) is 0.322. The van der Waals surface area contributed by atoms with Crippen LogP contribution in [0.2, 0.25) is 20.4 Å². The van der Waals surface area contributed by atoms with Gasteiger partial charge in [-0.05, 0) is 129 Å². The average Bonchev–Trinajstić information content (AvgIpc) is 3.98. The molecule has 4 unspecified atom stereocenters. The van der Waals surface area contributed by atoms with E-state index in [-0.39, 0.29) is 83.9 Å². The lowest BCUT2D eigenvalue weighted by Gasteiger charge is -2.27. The summed E-state index contributed by atoms with van der Waals surface area (Å²) in [5, 5.41) is 11.1. The summed E-state index contributed by atoms with van der Waals surface area (Å²) >= 11 is 33.3. The Hall–Kier alpha value is -4.95. The van der Waals surface area contributed by atoms with Crippen LogP contribution in [0, 0.1) is 23.5 Å². The molecule has 4 heterocycles. The van der Waals surface area contributed by atoms with Gasteiger partial charge in [-0.15, -0.1) is 11.6 Å². The number of halogens is 7. The molecule has 5 atom stereocenters. The van der Waals surface area contributed by atoms with Crippen LogP contribution < -0.4 is 25.3 Å². The SMILES string of the molecule is C=C(COc1cc([C@H]2CC2CC2CCn3c(Cl)c(-c4cc(OC5=CC=CCC5(C)O)c(Cl)cc4F)c(=O)n3C2)ccc1Oc1cc(-c2c(Cl)n3n(c2=O)CCCC3)c(F)cc1Cl)C1=CC(C)(Cl)CC=C1. The van der Waals surface area contributed by atoms with Crippen LogP contribution in [-0.2, 0) is 26.2 Å². The number of ether oxygens (including phenoxy) is 3. The average molecular weight is 1050 g/mol. The second kappa shape index (κ2) is 18.9. The predicted octanol–water partition coefficient (Wildman–Crippen LogP) is 13.4. The number of aromatic nitrogens is 4. The number of nitrogens with zero attached hydrogens (tertiary/aromatic N) is 4. The van der Waals surface area contributed by atoms with Gasteiger partial charge in [0.1, 0.15) is 51.4 Å². The number of rotatable bonds is 13. The van der Waals surface area contributed by atoms with Crippen molar-refractivity contribution in [3.63, 3.8) is 0 Å². The molecule has 2 aliphatic heterocycles. The van der Waals surface area contributed by atoms with Gasteiger partial charge in [-0.25, -0.2) is 18.1 Å². The van der Waals surface area contributed by atoms with Gasteiger partial charge < -0.3 is 19.3 Å². The summed E-state index contributed by atoms with van der Waals surface area (Å²) in [6, 6.07) is 10.7. The first-order valence-electron chi connectivity index (χ1n) is 23.3. The Morgan fingerprint density at radius 2 is 1.44 bits per heavy atom. The summed E-state index contributed by atoms with van der Waals surface area (Å²) < 4.78 is 56.8. The minimum absolute atomic E-state index is 0.00848. The highest BCUT2D eigenvalue weighted by Crippen LogP contribution is 2.53. The van der Waals surface area contributed by atoms with E-state index in [2.05, 4.69) is 6.58 Å². The van der Waals surface area contributed by atoms with Gasteiger partial charge in [0.25, 0.3) is 11.1 Å². The molecule has 366 valence electrons. The standard InChI is InChI=1S/C53H49Cl5F2N4O6/c1-29(32-9-8-14-52(2,58)26-32)28-68-44-21-31(11-12-41(44)69-42-22-35(39(59)24-37(42)54)46-48(56)61-16-6-7-17-63(61)50(46)65)34-20-33(34)19-30-13-18-62-49(57)47(51(66)64(62)27-30)36-23-43(38(55)25-40(36)60)70-45-10-4-5-15-53(45,3)67/h4-5,8-12,21-26,30,33-34,67H,1,6-7,13-20,27-28H2,2-3H3/t30?,33?,34-,52?,53?/m1/s1. The molecular formula is C53H49Cl5F2N4O6.